The number of quaternary nitrogens is 1. The second-order valence-corrected chi connectivity index (χ2v) is 5.50. The van der Waals surface area contributed by atoms with Crippen LogP contribution in [-0.2, 0) is 4.79 Å². The van der Waals surface area contributed by atoms with Crippen LogP contribution in [0.5, 0.6) is 0 Å². The van der Waals surface area contributed by atoms with E-state index in [1.54, 1.807) is 6.92 Å². The number of carbonyl (C=O) groups excluding carboxylic acids is 1. The van der Waals surface area contributed by atoms with E-state index in [2.05, 4.69) is 11.4 Å². The Bertz CT molecular complexity index is 302. The Morgan fingerprint density at radius 1 is 1.41 bits per heavy atom. The summed E-state index contributed by atoms with van der Waals surface area (Å²) in [5.74, 6) is 0.118. The van der Waals surface area contributed by atoms with Crippen molar-refractivity contribution in [3.63, 3.8) is 0 Å². The van der Waals surface area contributed by atoms with Crippen LogP contribution in [0.1, 0.15) is 40.0 Å². The number of likely N-dealkylation sites (tertiary alicyclic amines) is 1. The Kier molecular flexibility index (Phi) is 4.95. The van der Waals surface area contributed by atoms with Crippen molar-refractivity contribution < 1.29 is 9.69 Å². The van der Waals surface area contributed by atoms with Gasteiger partial charge in [0.1, 0.15) is 5.54 Å². The average molecular weight is 238 g/mol. The Hall–Kier alpha value is -1.08. The van der Waals surface area contributed by atoms with Gasteiger partial charge in [-0.05, 0) is 32.1 Å². The minimum absolute atomic E-state index is 0.000324. The highest BCUT2D eigenvalue weighted by Gasteiger charge is 2.31. The van der Waals surface area contributed by atoms with Crippen molar-refractivity contribution >= 4 is 5.91 Å². The third-order valence-corrected chi connectivity index (χ3v) is 3.76. The van der Waals surface area contributed by atoms with E-state index >= 15 is 0 Å². The number of hydrogen-bond acceptors (Lipinski definition) is 2. The van der Waals surface area contributed by atoms with Crippen LogP contribution in [0.4, 0.5) is 0 Å². The molecule has 0 aromatic heterocycles. The molecule has 4 heteroatoms. The van der Waals surface area contributed by atoms with Crippen molar-refractivity contribution in [1.29, 1.82) is 5.26 Å². The molecule has 0 saturated carbocycles. The highest BCUT2D eigenvalue weighted by molar-refractivity contribution is 5.78. The summed E-state index contributed by atoms with van der Waals surface area (Å²) in [6.07, 6.45) is 3.71. The van der Waals surface area contributed by atoms with Gasteiger partial charge in [0, 0.05) is 0 Å². The van der Waals surface area contributed by atoms with E-state index in [1.165, 1.54) is 24.2 Å². The third kappa shape index (κ3) is 4.01. The second-order valence-electron chi connectivity index (χ2n) is 5.50. The summed E-state index contributed by atoms with van der Waals surface area (Å²) in [6, 6.07) is 2.20. The Morgan fingerprint density at radius 3 is 2.47 bits per heavy atom. The van der Waals surface area contributed by atoms with Crippen LogP contribution in [0.15, 0.2) is 0 Å². The van der Waals surface area contributed by atoms with Crippen LogP contribution in [0.3, 0.4) is 0 Å². The molecule has 17 heavy (non-hydrogen) atoms. The lowest BCUT2D eigenvalue weighted by Gasteiger charge is -2.29. The third-order valence-electron chi connectivity index (χ3n) is 3.76. The summed E-state index contributed by atoms with van der Waals surface area (Å²) >= 11 is 0. The first-order valence-electron chi connectivity index (χ1n) is 6.54. The highest BCUT2D eigenvalue weighted by Crippen LogP contribution is 2.14. The molecule has 1 saturated heterocycles. The molecule has 96 valence electrons. The second kappa shape index (κ2) is 6.02. The maximum absolute atomic E-state index is 11.9. The van der Waals surface area contributed by atoms with Gasteiger partial charge in [-0.15, -0.1) is 0 Å². The fourth-order valence-electron chi connectivity index (χ4n) is 2.09. The first-order chi connectivity index (χ1) is 7.98. The minimum atomic E-state index is -0.744. The molecule has 0 aromatic carbocycles. The fourth-order valence-corrected chi connectivity index (χ4v) is 2.09. The lowest BCUT2D eigenvalue weighted by atomic mass is 9.90. The number of nitrogens with zero attached hydrogens (tertiary/aromatic N) is 1. The number of nitrogens with one attached hydrogen (secondary N) is 2. The molecule has 0 unspecified atom stereocenters. The number of amides is 1. The van der Waals surface area contributed by atoms with Crippen molar-refractivity contribution in [3.05, 3.63) is 0 Å². The molecule has 2 N–H and O–H groups in total. The van der Waals surface area contributed by atoms with Gasteiger partial charge in [0.05, 0.1) is 19.2 Å². The topological polar surface area (TPSA) is 57.3 Å². The van der Waals surface area contributed by atoms with E-state index in [4.69, 9.17) is 5.26 Å². The van der Waals surface area contributed by atoms with Gasteiger partial charge in [-0.2, -0.15) is 5.26 Å². The summed E-state index contributed by atoms with van der Waals surface area (Å²) in [5.41, 5.74) is -0.744. The van der Waals surface area contributed by atoms with E-state index in [1.807, 2.05) is 13.8 Å². The van der Waals surface area contributed by atoms with Crippen molar-refractivity contribution in [2.45, 2.75) is 45.6 Å². The summed E-state index contributed by atoms with van der Waals surface area (Å²) in [6.45, 7) is 8.37. The van der Waals surface area contributed by atoms with Crippen molar-refractivity contribution in [1.82, 2.24) is 5.32 Å². The van der Waals surface area contributed by atoms with Gasteiger partial charge in [0.2, 0.25) is 0 Å². The molecule has 1 aliphatic rings. The van der Waals surface area contributed by atoms with Crippen LogP contribution in [0, 0.1) is 17.2 Å². The van der Waals surface area contributed by atoms with Crippen LogP contribution in [0.2, 0.25) is 0 Å². The minimum Gasteiger partial charge on any atom is -0.333 e. The molecule has 0 spiro atoms. The van der Waals surface area contributed by atoms with Gasteiger partial charge in [0.15, 0.2) is 6.54 Å². The fraction of sp³-hybridized carbons (Fsp3) is 0.846. The van der Waals surface area contributed by atoms with Crippen molar-refractivity contribution in [2.75, 3.05) is 19.6 Å². The quantitative estimate of drug-likeness (QED) is 0.730. The lowest BCUT2D eigenvalue weighted by Crippen LogP contribution is -3.14. The molecule has 1 heterocycles. The maximum Gasteiger partial charge on any atom is 0.276 e. The van der Waals surface area contributed by atoms with E-state index < -0.39 is 5.54 Å². The molecule has 4 nitrogen and oxygen atoms in total. The van der Waals surface area contributed by atoms with Gasteiger partial charge in [-0.3, -0.25) is 4.79 Å². The Labute approximate surface area is 104 Å². The molecule has 1 amide bonds. The largest absolute Gasteiger partial charge is 0.333 e. The van der Waals surface area contributed by atoms with E-state index in [0.717, 1.165) is 13.1 Å². The van der Waals surface area contributed by atoms with Gasteiger partial charge < -0.3 is 10.2 Å². The van der Waals surface area contributed by atoms with Crippen molar-refractivity contribution in [2.24, 2.45) is 5.92 Å². The molecular formula is C13H24N3O+. The standard InChI is InChI=1S/C13H23N3O/c1-11(2)13(3,10-14)15-12(17)9-16-7-5-4-6-8-16/h11H,4-9H2,1-3H3,(H,15,17)/p+1/t13-/m1/s1. The van der Waals surface area contributed by atoms with Gasteiger partial charge >= 0.3 is 0 Å². The Balaban J connectivity index is 2.45. The molecule has 1 rings (SSSR count). The summed E-state index contributed by atoms with van der Waals surface area (Å²) in [4.78, 5) is 13.3. The first kappa shape index (κ1) is 14.0. The molecule has 0 aromatic rings. The van der Waals surface area contributed by atoms with E-state index in [9.17, 15) is 4.79 Å². The van der Waals surface area contributed by atoms with Crippen LogP contribution >= 0.6 is 0 Å². The number of rotatable bonds is 4. The van der Waals surface area contributed by atoms with E-state index in [0.29, 0.717) is 6.54 Å². The first-order valence-corrected chi connectivity index (χ1v) is 6.54. The van der Waals surface area contributed by atoms with Gasteiger partial charge in [-0.25, -0.2) is 0 Å². The highest BCUT2D eigenvalue weighted by atomic mass is 16.2. The number of piperidine rings is 1. The molecular weight excluding hydrogens is 214 g/mol. The van der Waals surface area contributed by atoms with Crippen molar-refractivity contribution in [3.8, 4) is 6.07 Å². The zero-order valence-electron chi connectivity index (χ0n) is 11.2. The molecule has 1 fully saturated rings. The van der Waals surface area contributed by atoms with Crippen LogP contribution in [0.25, 0.3) is 0 Å². The smallest absolute Gasteiger partial charge is 0.276 e. The number of carbonyl (C=O) groups is 1. The predicted octanol–water partition coefficient (Wildman–Crippen LogP) is 0.110. The summed E-state index contributed by atoms with van der Waals surface area (Å²) in [7, 11) is 0. The SMILES string of the molecule is CC(C)[C@@](C)(C#N)NC(=O)C[NH+]1CCCCC1. The predicted molar refractivity (Wildman–Crippen MR) is 66.4 cm³/mol. The molecule has 0 aliphatic carbocycles. The van der Waals surface area contributed by atoms with Crippen LogP contribution < -0.4 is 10.2 Å². The zero-order chi connectivity index (χ0) is 12.9. The number of hydrogen-bond donors (Lipinski definition) is 2. The van der Waals surface area contributed by atoms with E-state index in [-0.39, 0.29) is 11.8 Å². The number of nitriles is 1. The molecule has 1 aliphatic heterocycles. The molecule has 0 radical (unpaired) electrons. The molecule has 0 bridgehead atoms. The Morgan fingerprint density at radius 2 is 2.00 bits per heavy atom. The lowest BCUT2D eigenvalue weighted by molar-refractivity contribution is -0.896. The summed E-state index contributed by atoms with van der Waals surface area (Å²) < 4.78 is 0. The molecule has 1 atom stereocenters. The zero-order valence-corrected chi connectivity index (χ0v) is 11.2. The summed E-state index contributed by atoms with van der Waals surface area (Å²) in [5, 5.41) is 12.0. The van der Waals surface area contributed by atoms with Gasteiger partial charge in [-0.1, -0.05) is 13.8 Å². The average Bonchev–Trinajstić information content (AvgIpc) is 2.29. The van der Waals surface area contributed by atoms with Gasteiger partial charge in [0.25, 0.3) is 5.91 Å². The normalized spacial score (nSPS) is 20.6. The monoisotopic (exact) mass is 238 g/mol. The van der Waals surface area contributed by atoms with Crippen LogP contribution in [-0.4, -0.2) is 31.1 Å². The maximum atomic E-state index is 11.9.